The van der Waals surface area contributed by atoms with Gasteiger partial charge in [0.05, 0.1) is 0 Å². The first-order chi connectivity index (χ1) is 10.4. The highest BCUT2D eigenvalue weighted by Crippen LogP contribution is 2.53. The van der Waals surface area contributed by atoms with Crippen LogP contribution in [0.3, 0.4) is 0 Å². The zero-order chi connectivity index (χ0) is 14.1. The molecule has 4 rings (SSSR count). The Morgan fingerprint density at radius 2 is 1.76 bits per heavy atom. The van der Waals surface area contributed by atoms with E-state index in [1.54, 1.807) is 11.1 Å². The van der Waals surface area contributed by atoms with Gasteiger partial charge in [0, 0.05) is 16.1 Å². The lowest BCUT2D eigenvalue weighted by Gasteiger charge is -2.40. The number of hydrogen-bond acceptors (Lipinski definition) is 1. The molecule has 0 spiro atoms. The molecule has 0 heterocycles. The van der Waals surface area contributed by atoms with Crippen LogP contribution in [0.5, 0.6) is 0 Å². The second-order valence-corrected chi connectivity index (χ2v) is 7.61. The molecular formula is C20H22S. The Kier molecular flexibility index (Phi) is 3.54. The largest absolute Gasteiger partial charge is 0.125 e. The Morgan fingerprint density at radius 3 is 2.67 bits per heavy atom. The maximum Gasteiger partial charge on any atom is 0.00811 e. The third kappa shape index (κ3) is 2.32. The zero-order valence-electron chi connectivity index (χ0n) is 12.4. The molecule has 0 nitrogen and oxygen atoms in total. The Labute approximate surface area is 132 Å². The van der Waals surface area contributed by atoms with E-state index >= 15 is 0 Å². The lowest BCUT2D eigenvalue weighted by atomic mass is 9.67. The Balaban J connectivity index is 1.65. The third-order valence-electron chi connectivity index (χ3n) is 5.47. The third-order valence-corrected chi connectivity index (χ3v) is 6.73. The van der Waals surface area contributed by atoms with Crippen molar-refractivity contribution in [3.05, 3.63) is 65.7 Å². The van der Waals surface area contributed by atoms with E-state index in [1.807, 2.05) is 0 Å². The van der Waals surface area contributed by atoms with E-state index in [-0.39, 0.29) is 0 Å². The van der Waals surface area contributed by atoms with Crippen LogP contribution < -0.4 is 0 Å². The monoisotopic (exact) mass is 294 g/mol. The fourth-order valence-electron chi connectivity index (χ4n) is 4.41. The minimum absolute atomic E-state index is 0.440. The van der Waals surface area contributed by atoms with Gasteiger partial charge in [-0.05, 0) is 48.4 Å². The number of thioether (sulfide) groups is 1. The molecule has 1 fully saturated rings. The average Bonchev–Trinajstić information content (AvgIpc) is 2.89. The lowest BCUT2D eigenvalue weighted by molar-refractivity contribution is 0.231. The van der Waals surface area contributed by atoms with Gasteiger partial charge in [0.1, 0.15) is 0 Å². The molecule has 1 heteroatoms. The van der Waals surface area contributed by atoms with Gasteiger partial charge in [0.2, 0.25) is 0 Å². The molecule has 0 radical (unpaired) electrons. The summed E-state index contributed by atoms with van der Waals surface area (Å²) in [4.78, 5) is 1.42. The Hall–Kier alpha value is -1.21. The Bertz CT molecular complexity index is 619. The summed E-state index contributed by atoms with van der Waals surface area (Å²) >= 11 is 2.06. The molecule has 0 aromatic heterocycles. The van der Waals surface area contributed by atoms with E-state index in [0.29, 0.717) is 5.41 Å². The van der Waals surface area contributed by atoms with Crippen LogP contribution in [0.4, 0.5) is 0 Å². The first-order valence-electron chi connectivity index (χ1n) is 8.15. The van der Waals surface area contributed by atoms with E-state index in [0.717, 1.165) is 5.92 Å². The molecule has 0 amide bonds. The second kappa shape index (κ2) is 5.53. The molecule has 2 atom stereocenters. The molecule has 2 aromatic carbocycles. The summed E-state index contributed by atoms with van der Waals surface area (Å²) in [5.41, 5.74) is 3.73. The van der Waals surface area contributed by atoms with Crippen LogP contribution >= 0.6 is 11.8 Å². The molecular weight excluding hydrogens is 272 g/mol. The summed E-state index contributed by atoms with van der Waals surface area (Å²) in [5.74, 6) is 2.12. The highest BCUT2D eigenvalue weighted by atomic mass is 32.2. The van der Waals surface area contributed by atoms with Gasteiger partial charge in [-0.15, -0.1) is 11.8 Å². The zero-order valence-corrected chi connectivity index (χ0v) is 13.2. The summed E-state index contributed by atoms with van der Waals surface area (Å²) in [6.45, 7) is 0. The molecule has 0 saturated heterocycles. The van der Waals surface area contributed by atoms with Gasteiger partial charge >= 0.3 is 0 Å². The standard InChI is InChI=1S/C20H22S/c1-2-10-18(11-3-1)21-15-20-13-7-6-9-17(20)14-16-8-4-5-12-19(16)20/h1-5,8,10-12,17H,6-7,9,13-15H2/t17-,20+/m1/s1. The van der Waals surface area contributed by atoms with Gasteiger partial charge in [-0.3, -0.25) is 0 Å². The maximum atomic E-state index is 2.41. The SMILES string of the molecule is c1ccc(SC[C@@]23CCCC[C@@H]2Cc2ccccc23)cc1. The molecule has 0 aliphatic heterocycles. The number of fused-ring (bicyclic) bond motifs is 3. The van der Waals surface area contributed by atoms with E-state index < -0.39 is 0 Å². The van der Waals surface area contributed by atoms with Gasteiger partial charge in [0.25, 0.3) is 0 Å². The van der Waals surface area contributed by atoms with Crippen LogP contribution in [0.1, 0.15) is 36.8 Å². The molecule has 0 N–H and O–H groups in total. The van der Waals surface area contributed by atoms with Crippen molar-refractivity contribution in [1.29, 1.82) is 0 Å². The van der Waals surface area contributed by atoms with Crippen molar-refractivity contribution in [1.82, 2.24) is 0 Å². The first kappa shape index (κ1) is 13.5. The lowest BCUT2D eigenvalue weighted by Crippen LogP contribution is -2.37. The van der Waals surface area contributed by atoms with Gasteiger partial charge < -0.3 is 0 Å². The van der Waals surface area contributed by atoms with E-state index in [9.17, 15) is 0 Å². The van der Waals surface area contributed by atoms with Gasteiger partial charge in [0.15, 0.2) is 0 Å². The molecule has 0 bridgehead atoms. The summed E-state index contributed by atoms with van der Waals surface area (Å²) < 4.78 is 0. The van der Waals surface area contributed by atoms with Gasteiger partial charge in [-0.1, -0.05) is 55.3 Å². The molecule has 2 aliphatic rings. The van der Waals surface area contributed by atoms with Crippen LogP contribution in [0, 0.1) is 5.92 Å². The minimum Gasteiger partial charge on any atom is -0.125 e. The highest BCUT2D eigenvalue weighted by Gasteiger charge is 2.47. The quantitative estimate of drug-likeness (QED) is 0.677. The smallest absolute Gasteiger partial charge is 0.00811 e. The minimum atomic E-state index is 0.440. The summed E-state index contributed by atoms with van der Waals surface area (Å²) in [7, 11) is 0. The molecule has 2 aliphatic carbocycles. The normalized spacial score (nSPS) is 27.1. The highest BCUT2D eigenvalue weighted by molar-refractivity contribution is 7.99. The van der Waals surface area contributed by atoms with E-state index in [4.69, 9.17) is 0 Å². The Morgan fingerprint density at radius 1 is 0.952 bits per heavy atom. The predicted octanol–water partition coefficient (Wildman–Crippen LogP) is 5.46. The fraction of sp³-hybridized carbons (Fsp3) is 0.400. The molecule has 21 heavy (non-hydrogen) atoms. The van der Waals surface area contributed by atoms with Crippen LogP contribution in [-0.4, -0.2) is 5.75 Å². The first-order valence-corrected chi connectivity index (χ1v) is 9.13. The van der Waals surface area contributed by atoms with Crippen LogP contribution in [0.2, 0.25) is 0 Å². The maximum absolute atomic E-state index is 2.41. The molecule has 2 aromatic rings. The van der Waals surface area contributed by atoms with Gasteiger partial charge in [-0.25, -0.2) is 0 Å². The summed E-state index contributed by atoms with van der Waals surface area (Å²) in [6.07, 6.45) is 6.95. The van der Waals surface area contributed by atoms with E-state index in [2.05, 4.69) is 66.4 Å². The summed E-state index contributed by atoms with van der Waals surface area (Å²) in [5, 5.41) is 0. The second-order valence-electron chi connectivity index (χ2n) is 6.56. The van der Waals surface area contributed by atoms with Crippen molar-refractivity contribution in [3.63, 3.8) is 0 Å². The van der Waals surface area contributed by atoms with Gasteiger partial charge in [-0.2, -0.15) is 0 Å². The van der Waals surface area contributed by atoms with Crippen LogP contribution in [-0.2, 0) is 11.8 Å². The number of hydrogen-bond donors (Lipinski definition) is 0. The number of benzene rings is 2. The molecule has 1 saturated carbocycles. The van der Waals surface area contributed by atoms with Crippen LogP contribution in [0.15, 0.2) is 59.5 Å². The molecule has 0 unspecified atom stereocenters. The fourth-order valence-corrected chi connectivity index (χ4v) is 5.72. The van der Waals surface area contributed by atoms with E-state index in [1.165, 1.54) is 42.8 Å². The van der Waals surface area contributed by atoms with Crippen molar-refractivity contribution in [2.75, 3.05) is 5.75 Å². The number of rotatable bonds is 3. The van der Waals surface area contributed by atoms with Crippen molar-refractivity contribution in [2.45, 2.75) is 42.4 Å². The van der Waals surface area contributed by atoms with Crippen LogP contribution in [0.25, 0.3) is 0 Å². The van der Waals surface area contributed by atoms with Crippen molar-refractivity contribution >= 4 is 11.8 Å². The molecule has 108 valence electrons. The summed E-state index contributed by atoms with van der Waals surface area (Å²) in [6, 6.07) is 20.1. The van der Waals surface area contributed by atoms with Crippen molar-refractivity contribution in [3.8, 4) is 0 Å². The van der Waals surface area contributed by atoms with Crippen molar-refractivity contribution < 1.29 is 0 Å². The predicted molar refractivity (Wildman–Crippen MR) is 90.9 cm³/mol. The average molecular weight is 294 g/mol. The topological polar surface area (TPSA) is 0 Å². The van der Waals surface area contributed by atoms with Crippen molar-refractivity contribution in [2.24, 2.45) is 5.92 Å².